The van der Waals surface area contributed by atoms with Crippen molar-refractivity contribution < 1.29 is 32.2 Å². The monoisotopic (exact) mass is 542 g/mol. The summed E-state index contributed by atoms with van der Waals surface area (Å²) in [6.45, 7) is 1.84. The molecule has 40 heavy (non-hydrogen) atoms. The average Bonchev–Trinajstić information content (AvgIpc) is 3.13. The summed E-state index contributed by atoms with van der Waals surface area (Å²) >= 11 is 0. The lowest BCUT2D eigenvalue weighted by atomic mass is 9.26. The number of benzene rings is 3. The van der Waals surface area contributed by atoms with Gasteiger partial charge in [0, 0.05) is 16.7 Å². The Morgan fingerprint density at radius 2 is 1.30 bits per heavy atom. The highest BCUT2D eigenvalue weighted by Crippen LogP contribution is 2.87. The first-order chi connectivity index (χ1) is 19.2. The van der Waals surface area contributed by atoms with Gasteiger partial charge in [-0.2, -0.15) is 13.2 Å². The molecule has 7 atom stereocenters. The Morgan fingerprint density at radius 3 is 1.90 bits per heavy atom. The zero-order valence-electron chi connectivity index (χ0n) is 21.5. The summed E-state index contributed by atoms with van der Waals surface area (Å²) in [6.07, 6.45) is -0.639. The van der Waals surface area contributed by atoms with Gasteiger partial charge in [-0.3, -0.25) is 0 Å². The fourth-order valence-electron chi connectivity index (χ4n) is 8.47. The molecule has 4 aliphatic carbocycles. The van der Waals surface area contributed by atoms with Crippen molar-refractivity contribution in [2.24, 2.45) is 17.3 Å². The largest absolute Gasteiger partial charge is 0.454 e. The summed E-state index contributed by atoms with van der Waals surface area (Å²) in [6, 6.07) is 22.6. The van der Waals surface area contributed by atoms with E-state index in [2.05, 4.69) is 0 Å². The Labute approximate surface area is 229 Å². The number of halogens is 3. The van der Waals surface area contributed by atoms with Gasteiger partial charge in [-0.25, -0.2) is 9.59 Å². The van der Waals surface area contributed by atoms with Crippen molar-refractivity contribution in [2.45, 2.75) is 36.1 Å². The van der Waals surface area contributed by atoms with E-state index in [-0.39, 0.29) is 22.6 Å². The molecule has 0 N–H and O–H groups in total. The fourth-order valence-corrected chi connectivity index (χ4v) is 8.47. The maximum atomic E-state index is 15.9. The molecule has 0 bridgehead atoms. The Hall–Kier alpha value is -4.13. The van der Waals surface area contributed by atoms with Crippen LogP contribution in [-0.2, 0) is 20.3 Å². The number of carbonyl (C=O) groups is 2. The topological polar surface area (TPSA) is 52.6 Å². The Balaban J connectivity index is 1.46. The van der Waals surface area contributed by atoms with Crippen LogP contribution in [0.3, 0.4) is 0 Å². The molecule has 0 heterocycles. The van der Waals surface area contributed by atoms with Gasteiger partial charge in [-0.05, 0) is 41.3 Å². The molecule has 4 nitrogen and oxygen atoms in total. The molecule has 0 saturated heterocycles. The van der Waals surface area contributed by atoms with Gasteiger partial charge in [0.15, 0.2) is 6.10 Å². The molecular weight excluding hydrogens is 517 g/mol. The fraction of sp³-hybridized carbons (Fsp3) is 0.273. The summed E-state index contributed by atoms with van der Waals surface area (Å²) in [4.78, 5) is 26.8. The minimum absolute atomic E-state index is 0.0687. The van der Waals surface area contributed by atoms with Crippen LogP contribution in [0.2, 0.25) is 0 Å². The van der Waals surface area contributed by atoms with Crippen LogP contribution in [0.25, 0.3) is 0 Å². The number of esters is 2. The maximum absolute atomic E-state index is 15.9. The van der Waals surface area contributed by atoms with Crippen LogP contribution in [0.5, 0.6) is 0 Å². The van der Waals surface area contributed by atoms with Gasteiger partial charge >= 0.3 is 18.1 Å². The van der Waals surface area contributed by atoms with Gasteiger partial charge in [0.05, 0.1) is 11.1 Å². The van der Waals surface area contributed by atoms with Gasteiger partial charge in [0.2, 0.25) is 0 Å². The third kappa shape index (κ3) is 2.73. The van der Waals surface area contributed by atoms with Gasteiger partial charge in [-0.15, -0.1) is 0 Å². The molecule has 0 radical (unpaired) electrons. The van der Waals surface area contributed by atoms with E-state index in [4.69, 9.17) is 9.47 Å². The smallest absolute Gasteiger partial charge is 0.403 e. The van der Waals surface area contributed by atoms with Gasteiger partial charge in [-0.1, -0.05) is 91.9 Å². The van der Waals surface area contributed by atoms with Crippen molar-refractivity contribution in [3.8, 4) is 0 Å². The van der Waals surface area contributed by atoms with E-state index >= 15 is 13.2 Å². The lowest BCUT2D eigenvalue weighted by Gasteiger charge is -2.75. The van der Waals surface area contributed by atoms with E-state index in [1.807, 2.05) is 25.2 Å². The van der Waals surface area contributed by atoms with Crippen LogP contribution in [0, 0.1) is 17.3 Å². The highest BCUT2D eigenvalue weighted by Gasteiger charge is 2.96. The molecule has 202 valence electrons. The Bertz CT molecular complexity index is 1580. The number of carbonyl (C=O) groups excluding carboxylic acids is 2. The van der Waals surface area contributed by atoms with Crippen LogP contribution >= 0.6 is 0 Å². The van der Waals surface area contributed by atoms with Crippen molar-refractivity contribution in [2.75, 3.05) is 0 Å². The number of fused-ring (bicyclic) bond motifs is 4. The van der Waals surface area contributed by atoms with Gasteiger partial charge in [0.25, 0.3) is 0 Å². The van der Waals surface area contributed by atoms with E-state index in [9.17, 15) is 9.59 Å². The molecule has 2 saturated carbocycles. The third-order valence-electron chi connectivity index (χ3n) is 9.72. The molecular formula is C33H25F3O4. The third-order valence-corrected chi connectivity index (χ3v) is 9.72. The number of hydrogen-bond acceptors (Lipinski definition) is 4. The second-order valence-corrected chi connectivity index (χ2v) is 11.2. The Morgan fingerprint density at radius 1 is 0.750 bits per heavy atom. The summed E-state index contributed by atoms with van der Waals surface area (Å²) in [5, 5.41) is 0. The SMILES string of the molecule is CC12C=CC=C[C@@H]1C1C(OC(=O)c3ccccc3)C(OC(=O)c3ccccc3)C3(C(F)(F)F)c4ccccc4C123. The Kier molecular flexibility index (Phi) is 5.10. The minimum atomic E-state index is -4.82. The van der Waals surface area contributed by atoms with Gasteiger partial charge < -0.3 is 9.47 Å². The van der Waals surface area contributed by atoms with Gasteiger partial charge in [0.1, 0.15) is 11.5 Å². The number of rotatable bonds is 4. The number of hydrogen-bond donors (Lipinski definition) is 0. The molecule has 4 aliphatic rings. The maximum Gasteiger partial charge on any atom is 0.403 e. The van der Waals surface area contributed by atoms with E-state index in [0.717, 1.165) is 0 Å². The molecule has 2 fully saturated rings. The average molecular weight is 543 g/mol. The lowest BCUT2D eigenvalue weighted by molar-refractivity contribution is -0.277. The highest BCUT2D eigenvalue weighted by molar-refractivity contribution is 5.91. The first-order valence-corrected chi connectivity index (χ1v) is 13.2. The summed E-state index contributed by atoms with van der Waals surface area (Å²) in [5.74, 6) is -2.78. The highest BCUT2D eigenvalue weighted by atomic mass is 19.4. The van der Waals surface area contributed by atoms with Crippen LogP contribution in [0.1, 0.15) is 38.8 Å². The molecule has 0 aliphatic heterocycles. The molecule has 3 aromatic carbocycles. The molecule has 1 spiro atoms. The van der Waals surface area contributed by atoms with Crippen LogP contribution < -0.4 is 0 Å². The van der Waals surface area contributed by atoms with Crippen LogP contribution in [0.15, 0.2) is 109 Å². The second-order valence-electron chi connectivity index (χ2n) is 11.2. The predicted octanol–water partition coefficient (Wildman–Crippen LogP) is 6.58. The molecule has 7 rings (SSSR count). The molecule has 7 heteroatoms. The molecule has 6 unspecified atom stereocenters. The molecule has 0 amide bonds. The minimum Gasteiger partial charge on any atom is -0.454 e. The van der Waals surface area contributed by atoms with E-state index < -0.39 is 52.5 Å². The first-order valence-electron chi connectivity index (χ1n) is 13.2. The van der Waals surface area contributed by atoms with Crippen molar-refractivity contribution in [3.05, 3.63) is 131 Å². The second kappa shape index (κ2) is 8.19. The normalized spacial score (nSPS) is 34.3. The van der Waals surface area contributed by atoms with E-state index in [1.165, 1.54) is 18.2 Å². The summed E-state index contributed by atoms with van der Waals surface area (Å²) in [7, 11) is 0. The van der Waals surface area contributed by atoms with Crippen molar-refractivity contribution in [1.82, 2.24) is 0 Å². The van der Waals surface area contributed by atoms with Crippen LogP contribution in [0.4, 0.5) is 13.2 Å². The summed E-state index contributed by atoms with van der Waals surface area (Å²) < 4.78 is 59.5. The number of alkyl halides is 3. The standard InChI is InChI=1S/C33H25F3O4/c1-30-19-11-10-18-24(30)25-26(39-28(37)20-12-4-2-5-13-20)27(40-29(38)21-14-6-3-7-15-21)32(33(34,35)36)23-17-9-8-16-22(23)31(25,30)32/h2-19,24-27H,1H3/t24-,25?,26?,27?,30?,31?,32?/m1/s1. The van der Waals surface area contributed by atoms with Crippen molar-refractivity contribution >= 4 is 11.9 Å². The van der Waals surface area contributed by atoms with Crippen molar-refractivity contribution in [3.63, 3.8) is 0 Å². The molecule has 3 aromatic rings. The van der Waals surface area contributed by atoms with E-state index in [1.54, 1.807) is 72.8 Å². The zero-order valence-corrected chi connectivity index (χ0v) is 21.5. The quantitative estimate of drug-likeness (QED) is 0.350. The first kappa shape index (κ1) is 24.9. The summed E-state index contributed by atoms with van der Waals surface area (Å²) in [5.41, 5.74) is -4.05. The predicted molar refractivity (Wildman–Crippen MR) is 141 cm³/mol. The number of allylic oxidation sites excluding steroid dienone is 4. The van der Waals surface area contributed by atoms with Crippen molar-refractivity contribution in [1.29, 1.82) is 0 Å². The zero-order chi connectivity index (χ0) is 27.9. The lowest BCUT2D eigenvalue weighted by Crippen LogP contribution is -2.80. The molecule has 0 aromatic heterocycles. The van der Waals surface area contributed by atoms with E-state index in [0.29, 0.717) is 5.56 Å². The number of ether oxygens (including phenoxy) is 2. The van der Waals surface area contributed by atoms with Crippen LogP contribution in [-0.4, -0.2) is 30.3 Å².